The molecule has 0 unspecified atom stereocenters. The molecule has 1 aromatic carbocycles. The van der Waals surface area contributed by atoms with Crippen LogP contribution in [-0.2, 0) is 6.67 Å². The fourth-order valence-electron chi connectivity index (χ4n) is 2.69. The smallest absolute Gasteiger partial charge is 0.270 e. The first kappa shape index (κ1) is 11.9. The van der Waals surface area contributed by atoms with Crippen molar-refractivity contribution in [1.82, 2.24) is 9.88 Å². The van der Waals surface area contributed by atoms with Crippen molar-refractivity contribution < 1.29 is 4.42 Å². The van der Waals surface area contributed by atoms with E-state index in [-0.39, 0.29) is 0 Å². The van der Waals surface area contributed by atoms with Gasteiger partial charge in [-0.15, -0.1) is 0 Å². The van der Waals surface area contributed by atoms with Crippen molar-refractivity contribution in [2.24, 2.45) is 0 Å². The molecule has 0 radical (unpaired) electrons. The van der Waals surface area contributed by atoms with Crippen LogP contribution in [0.5, 0.6) is 0 Å². The van der Waals surface area contributed by atoms with Crippen LogP contribution in [0.4, 0.5) is 0 Å². The van der Waals surface area contributed by atoms with Gasteiger partial charge in [0.1, 0.15) is 0 Å². The summed E-state index contributed by atoms with van der Waals surface area (Å²) in [5, 5.41) is 3.59. The number of hydrogen-bond donors (Lipinski definition) is 1. The average Bonchev–Trinajstić information content (AvgIpc) is 2.73. The SMILES string of the molecule is S=c1oc2ccccc2n1CNC1CCCCC1. The van der Waals surface area contributed by atoms with E-state index < -0.39 is 0 Å². The number of benzene rings is 1. The fourth-order valence-corrected chi connectivity index (χ4v) is 2.94. The molecule has 0 aliphatic heterocycles. The largest absolute Gasteiger partial charge is 0.429 e. The number of oxazole rings is 1. The summed E-state index contributed by atoms with van der Waals surface area (Å²) in [4.78, 5) is 0.555. The molecule has 1 aliphatic carbocycles. The number of hydrogen-bond acceptors (Lipinski definition) is 3. The van der Waals surface area contributed by atoms with Gasteiger partial charge in [0, 0.05) is 6.04 Å². The molecule has 96 valence electrons. The van der Waals surface area contributed by atoms with Gasteiger partial charge in [0.05, 0.1) is 12.2 Å². The lowest BCUT2D eigenvalue weighted by Crippen LogP contribution is -2.32. The molecule has 18 heavy (non-hydrogen) atoms. The van der Waals surface area contributed by atoms with E-state index in [1.807, 2.05) is 22.8 Å². The predicted octanol–water partition coefficient (Wildman–Crippen LogP) is 3.84. The van der Waals surface area contributed by atoms with Gasteiger partial charge in [-0.3, -0.25) is 9.88 Å². The van der Waals surface area contributed by atoms with E-state index in [2.05, 4.69) is 11.4 Å². The minimum absolute atomic E-state index is 0.555. The molecule has 1 fully saturated rings. The van der Waals surface area contributed by atoms with Crippen LogP contribution < -0.4 is 5.32 Å². The maximum absolute atomic E-state index is 5.58. The van der Waals surface area contributed by atoms with Crippen molar-refractivity contribution in [1.29, 1.82) is 0 Å². The quantitative estimate of drug-likeness (QED) is 0.852. The van der Waals surface area contributed by atoms with Gasteiger partial charge in [0.2, 0.25) is 0 Å². The van der Waals surface area contributed by atoms with Crippen LogP contribution >= 0.6 is 12.2 Å². The van der Waals surface area contributed by atoms with Crippen molar-refractivity contribution >= 4 is 23.3 Å². The van der Waals surface area contributed by atoms with Crippen molar-refractivity contribution in [2.75, 3.05) is 0 Å². The Bertz CT molecular complexity index is 581. The molecule has 1 aromatic heterocycles. The third kappa shape index (κ3) is 2.35. The summed E-state index contributed by atoms with van der Waals surface area (Å²) in [6.07, 6.45) is 6.63. The summed E-state index contributed by atoms with van der Waals surface area (Å²) >= 11 is 5.28. The highest BCUT2D eigenvalue weighted by Crippen LogP contribution is 2.19. The molecule has 0 atom stereocenters. The van der Waals surface area contributed by atoms with Gasteiger partial charge >= 0.3 is 0 Å². The summed E-state index contributed by atoms with van der Waals surface area (Å²) in [7, 11) is 0. The minimum atomic E-state index is 0.555. The molecule has 0 spiro atoms. The van der Waals surface area contributed by atoms with E-state index in [0.29, 0.717) is 10.9 Å². The number of para-hydroxylation sites is 2. The molecular formula is C14H18N2OS. The Morgan fingerprint density at radius 2 is 2.00 bits per heavy atom. The molecule has 1 saturated carbocycles. The number of nitrogens with one attached hydrogen (secondary N) is 1. The molecule has 4 heteroatoms. The summed E-state index contributed by atoms with van der Waals surface area (Å²) in [6, 6.07) is 8.64. The standard InChI is InChI=1S/C14H18N2OS/c18-14-16(10-15-11-6-2-1-3-7-11)12-8-4-5-9-13(12)17-14/h4-5,8-9,11,15H,1-3,6-7,10H2. The van der Waals surface area contributed by atoms with Crippen LogP contribution in [-0.4, -0.2) is 10.6 Å². The Balaban J connectivity index is 1.77. The monoisotopic (exact) mass is 262 g/mol. The second-order valence-corrected chi connectivity index (χ2v) is 5.31. The zero-order chi connectivity index (χ0) is 12.4. The third-order valence-electron chi connectivity index (χ3n) is 3.72. The van der Waals surface area contributed by atoms with Crippen LogP contribution in [0, 0.1) is 4.84 Å². The lowest BCUT2D eigenvalue weighted by Gasteiger charge is -2.23. The highest BCUT2D eigenvalue weighted by atomic mass is 32.1. The third-order valence-corrected chi connectivity index (χ3v) is 4.02. The second kappa shape index (κ2) is 5.24. The first-order valence-electron chi connectivity index (χ1n) is 6.66. The topological polar surface area (TPSA) is 30.1 Å². The number of rotatable bonds is 3. The first-order valence-corrected chi connectivity index (χ1v) is 7.07. The van der Waals surface area contributed by atoms with Crippen molar-refractivity contribution in [3.63, 3.8) is 0 Å². The maximum atomic E-state index is 5.58. The van der Waals surface area contributed by atoms with Gasteiger partial charge < -0.3 is 4.42 Å². The molecule has 1 aliphatic rings. The minimum Gasteiger partial charge on any atom is -0.429 e. The van der Waals surface area contributed by atoms with E-state index in [1.54, 1.807) is 0 Å². The summed E-state index contributed by atoms with van der Waals surface area (Å²) in [5.74, 6) is 0. The molecule has 0 saturated heterocycles. The Kier molecular flexibility index (Phi) is 3.48. The van der Waals surface area contributed by atoms with Crippen LogP contribution in [0.3, 0.4) is 0 Å². The van der Waals surface area contributed by atoms with Gasteiger partial charge in [-0.1, -0.05) is 31.4 Å². The van der Waals surface area contributed by atoms with Gasteiger partial charge in [0.15, 0.2) is 5.58 Å². The second-order valence-electron chi connectivity index (χ2n) is 4.96. The first-order chi connectivity index (χ1) is 8.84. The Morgan fingerprint density at radius 3 is 2.83 bits per heavy atom. The summed E-state index contributed by atoms with van der Waals surface area (Å²) < 4.78 is 7.62. The van der Waals surface area contributed by atoms with Crippen LogP contribution in [0.25, 0.3) is 11.1 Å². The molecular weight excluding hydrogens is 244 g/mol. The highest BCUT2D eigenvalue weighted by molar-refractivity contribution is 7.71. The van der Waals surface area contributed by atoms with Gasteiger partial charge in [0.25, 0.3) is 4.84 Å². The van der Waals surface area contributed by atoms with Crippen molar-refractivity contribution in [3.05, 3.63) is 29.1 Å². The van der Waals surface area contributed by atoms with E-state index in [0.717, 1.165) is 17.8 Å². The lowest BCUT2D eigenvalue weighted by atomic mass is 9.96. The number of fused-ring (bicyclic) bond motifs is 1. The maximum Gasteiger partial charge on any atom is 0.270 e. The van der Waals surface area contributed by atoms with E-state index in [9.17, 15) is 0 Å². The molecule has 0 amide bonds. The van der Waals surface area contributed by atoms with Crippen molar-refractivity contribution in [2.45, 2.75) is 44.8 Å². The van der Waals surface area contributed by atoms with E-state index in [1.165, 1.54) is 32.1 Å². The van der Waals surface area contributed by atoms with E-state index >= 15 is 0 Å². The van der Waals surface area contributed by atoms with Crippen LogP contribution in [0.1, 0.15) is 32.1 Å². The zero-order valence-corrected chi connectivity index (χ0v) is 11.2. The lowest BCUT2D eigenvalue weighted by molar-refractivity contribution is 0.345. The number of nitrogens with zero attached hydrogens (tertiary/aromatic N) is 1. The molecule has 3 rings (SSSR count). The van der Waals surface area contributed by atoms with Crippen LogP contribution in [0.15, 0.2) is 28.7 Å². The number of aromatic nitrogens is 1. The summed E-state index contributed by atoms with van der Waals surface area (Å²) in [6.45, 7) is 0.751. The molecule has 0 bridgehead atoms. The molecule has 2 aromatic rings. The predicted molar refractivity (Wildman–Crippen MR) is 75.0 cm³/mol. The Hall–Kier alpha value is -1.13. The molecule has 1 heterocycles. The zero-order valence-electron chi connectivity index (χ0n) is 10.4. The average molecular weight is 262 g/mol. The Morgan fingerprint density at radius 1 is 1.22 bits per heavy atom. The molecule has 3 nitrogen and oxygen atoms in total. The van der Waals surface area contributed by atoms with E-state index in [4.69, 9.17) is 16.6 Å². The fraction of sp³-hybridized carbons (Fsp3) is 0.500. The highest BCUT2D eigenvalue weighted by Gasteiger charge is 2.13. The van der Waals surface area contributed by atoms with Crippen LogP contribution in [0.2, 0.25) is 0 Å². The van der Waals surface area contributed by atoms with Gasteiger partial charge in [-0.05, 0) is 37.2 Å². The summed E-state index contributed by atoms with van der Waals surface area (Å²) in [5.41, 5.74) is 1.94. The van der Waals surface area contributed by atoms with Gasteiger partial charge in [-0.25, -0.2) is 0 Å². The van der Waals surface area contributed by atoms with Crippen molar-refractivity contribution in [3.8, 4) is 0 Å². The molecule has 1 N–H and O–H groups in total. The Labute approximate surface area is 112 Å². The normalized spacial score (nSPS) is 17.3. The van der Waals surface area contributed by atoms with Gasteiger partial charge in [-0.2, -0.15) is 0 Å².